The van der Waals surface area contributed by atoms with E-state index in [1.54, 1.807) is 12.4 Å². The van der Waals surface area contributed by atoms with E-state index >= 15 is 0 Å². The van der Waals surface area contributed by atoms with Gasteiger partial charge in [0.15, 0.2) is 4.77 Å². The second kappa shape index (κ2) is 4.96. The van der Waals surface area contributed by atoms with Crippen LogP contribution in [0.25, 0.3) is 0 Å². The second-order valence-electron chi connectivity index (χ2n) is 4.41. The van der Waals surface area contributed by atoms with E-state index in [4.69, 9.17) is 12.2 Å². The van der Waals surface area contributed by atoms with Crippen LogP contribution in [0.4, 0.5) is 11.9 Å². The molecule has 3 rings (SSSR count). The zero-order chi connectivity index (χ0) is 13.2. The van der Waals surface area contributed by atoms with Gasteiger partial charge in [0, 0.05) is 45.6 Å². The molecule has 1 N–H and O–H groups in total. The third kappa shape index (κ3) is 2.30. The number of anilines is 2. The van der Waals surface area contributed by atoms with Crippen molar-refractivity contribution in [2.75, 3.05) is 36.0 Å². The molecule has 7 nitrogen and oxygen atoms in total. The summed E-state index contributed by atoms with van der Waals surface area (Å²) in [6.45, 7) is 3.52. The van der Waals surface area contributed by atoms with Gasteiger partial charge < -0.3 is 9.80 Å². The van der Waals surface area contributed by atoms with Crippen molar-refractivity contribution in [1.29, 1.82) is 0 Å². The molecule has 2 aromatic heterocycles. The molecule has 0 spiro atoms. The fourth-order valence-corrected chi connectivity index (χ4v) is 2.31. The minimum Gasteiger partial charge on any atom is -0.337 e. The van der Waals surface area contributed by atoms with Crippen LogP contribution in [0.2, 0.25) is 0 Å². The average molecular weight is 277 g/mol. The van der Waals surface area contributed by atoms with Crippen LogP contribution in [0, 0.1) is 4.77 Å². The highest BCUT2D eigenvalue weighted by Gasteiger charge is 2.21. The van der Waals surface area contributed by atoms with Crippen LogP contribution in [0.1, 0.15) is 0 Å². The molecular formula is C11H15N7S. The number of aromatic nitrogens is 5. The smallest absolute Gasteiger partial charge is 0.225 e. The van der Waals surface area contributed by atoms with Gasteiger partial charge in [-0.2, -0.15) is 0 Å². The minimum atomic E-state index is 0.642. The Kier molecular flexibility index (Phi) is 3.16. The third-order valence-electron chi connectivity index (χ3n) is 3.25. The zero-order valence-electron chi connectivity index (χ0n) is 10.7. The number of nitrogens with zero attached hydrogens (tertiary/aromatic N) is 6. The van der Waals surface area contributed by atoms with Crippen molar-refractivity contribution in [1.82, 2.24) is 24.7 Å². The first-order valence-corrected chi connectivity index (χ1v) is 6.55. The monoisotopic (exact) mass is 277 g/mol. The summed E-state index contributed by atoms with van der Waals surface area (Å²) in [5, 5.41) is 7.07. The average Bonchev–Trinajstić information content (AvgIpc) is 2.80. The third-order valence-corrected chi connectivity index (χ3v) is 3.62. The lowest BCUT2D eigenvalue weighted by atomic mass is 10.3. The number of H-pyrrole nitrogens is 1. The molecule has 1 aliphatic heterocycles. The summed E-state index contributed by atoms with van der Waals surface area (Å²) in [4.78, 5) is 12.9. The van der Waals surface area contributed by atoms with Crippen molar-refractivity contribution in [3.63, 3.8) is 0 Å². The first-order chi connectivity index (χ1) is 9.25. The van der Waals surface area contributed by atoms with E-state index in [9.17, 15) is 0 Å². The number of hydrogen-bond acceptors (Lipinski definition) is 6. The van der Waals surface area contributed by atoms with E-state index in [0.29, 0.717) is 4.77 Å². The predicted molar refractivity (Wildman–Crippen MR) is 74.9 cm³/mol. The largest absolute Gasteiger partial charge is 0.337 e. The maximum absolute atomic E-state index is 5.13. The summed E-state index contributed by atoms with van der Waals surface area (Å²) in [7, 11) is 1.92. The molecule has 0 bridgehead atoms. The van der Waals surface area contributed by atoms with Crippen LogP contribution >= 0.6 is 12.2 Å². The van der Waals surface area contributed by atoms with Crippen LogP contribution in [0.5, 0.6) is 0 Å². The van der Waals surface area contributed by atoms with Crippen LogP contribution in [-0.2, 0) is 7.05 Å². The Balaban J connectivity index is 1.70. The SMILES string of the molecule is Cn1c(N2CCN(c3ncccn3)CC2)n[nH]c1=S. The number of nitrogens with one attached hydrogen (secondary N) is 1. The normalized spacial score (nSPS) is 15.8. The van der Waals surface area contributed by atoms with Gasteiger partial charge >= 0.3 is 0 Å². The predicted octanol–water partition coefficient (Wildman–Crippen LogP) is 0.594. The molecule has 1 saturated heterocycles. The van der Waals surface area contributed by atoms with Gasteiger partial charge in [0.25, 0.3) is 0 Å². The molecule has 0 aromatic carbocycles. The first kappa shape index (κ1) is 12.1. The van der Waals surface area contributed by atoms with Crippen LogP contribution in [0.3, 0.4) is 0 Å². The van der Waals surface area contributed by atoms with Crippen LogP contribution in [-0.4, -0.2) is 50.9 Å². The van der Waals surface area contributed by atoms with E-state index < -0.39 is 0 Å². The molecule has 3 heterocycles. The lowest BCUT2D eigenvalue weighted by Gasteiger charge is -2.34. The van der Waals surface area contributed by atoms with Crippen molar-refractivity contribution < 1.29 is 0 Å². The fourth-order valence-electron chi connectivity index (χ4n) is 2.18. The Hall–Kier alpha value is -1.96. The quantitative estimate of drug-likeness (QED) is 0.811. The van der Waals surface area contributed by atoms with Gasteiger partial charge in [-0.05, 0) is 18.3 Å². The lowest BCUT2D eigenvalue weighted by Crippen LogP contribution is -2.47. The highest BCUT2D eigenvalue weighted by Crippen LogP contribution is 2.15. The van der Waals surface area contributed by atoms with E-state index in [-0.39, 0.29) is 0 Å². The van der Waals surface area contributed by atoms with E-state index in [2.05, 4.69) is 30.0 Å². The highest BCUT2D eigenvalue weighted by molar-refractivity contribution is 7.71. The lowest BCUT2D eigenvalue weighted by molar-refractivity contribution is 0.618. The Morgan fingerprint density at radius 2 is 1.74 bits per heavy atom. The van der Waals surface area contributed by atoms with Gasteiger partial charge in [-0.1, -0.05) is 0 Å². The highest BCUT2D eigenvalue weighted by atomic mass is 32.1. The van der Waals surface area contributed by atoms with Crippen molar-refractivity contribution in [3.8, 4) is 0 Å². The summed E-state index contributed by atoms with van der Waals surface area (Å²) < 4.78 is 2.54. The Morgan fingerprint density at radius 3 is 2.32 bits per heavy atom. The van der Waals surface area contributed by atoms with Gasteiger partial charge in [-0.3, -0.25) is 4.57 Å². The van der Waals surface area contributed by atoms with Gasteiger partial charge in [0.05, 0.1) is 0 Å². The van der Waals surface area contributed by atoms with Gasteiger partial charge in [-0.25, -0.2) is 15.1 Å². The molecule has 8 heteroatoms. The van der Waals surface area contributed by atoms with Crippen LogP contribution < -0.4 is 9.80 Å². The maximum Gasteiger partial charge on any atom is 0.225 e. The van der Waals surface area contributed by atoms with E-state index in [1.165, 1.54) is 0 Å². The fraction of sp³-hybridized carbons (Fsp3) is 0.455. The maximum atomic E-state index is 5.13. The van der Waals surface area contributed by atoms with E-state index in [0.717, 1.165) is 38.1 Å². The molecule has 0 radical (unpaired) electrons. The summed E-state index contributed by atoms with van der Waals surface area (Å²) in [5.74, 6) is 1.68. The molecule has 100 valence electrons. The van der Waals surface area contributed by atoms with E-state index in [1.807, 2.05) is 17.7 Å². The topological polar surface area (TPSA) is 65.9 Å². The summed E-state index contributed by atoms with van der Waals surface area (Å²) in [6.07, 6.45) is 3.54. The standard InChI is InChI=1S/C11H15N7S/c1-16-10(14-15-11(16)19)18-7-5-17(6-8-18)9-12-3-2-4-13-9/h2-4H,5-8H2,1H3,(H,15,19). The summed E-state index contributed by atoms with van der Waals surface area (Å²) in [6, 6.07) is 1.83. The molecule has 19 heavy (non-hydrogen) atoms. The Bertz CT molecular complexity index is 597. The van der Waals surface area contributed by atoms with Crippen molar-refractivity contribution >= 4 is 24.1 Å². The van der Waals surface area contributed by atoms with Gasteiger partial charge in [-0.15, -0.1) is 5.10 Å². The molecule has 0 aliphatic carbocycles. The summed E-state index contributed by atoms with van der Waals surface area (Å²) >= 11 is 5.13. The molecule has 0 atom stereocenters. The molecule has 1 aliphatic rings. The Labute approximate surface area is 115 Å². The molecule has 0 amide bonds. The number of hydrogen-bond donors (Lipinski definition) is 1. The summed E-state index contributed by atoms with van der Waals surface area (Å²) in [5.41, 5.74) is 0. The van der Waals surface area contributed by atoms with Crippen molar-refractivity contribution in [2.45, 2.75) is 0 Å². The Morgan fingerprint density at radius 1 is 1.11 bits per heavy atom. The minimum absolute atomic E-state index is 0.642. The molecule has 0 saturated carbocycles. The van der Waals surface area contributed by atoms with Gasteiger partial charge in [0.2, 0.25) is 11.9 Å². The number of aromatic amines is 1. The second-order valence-corrected chi connectivity index (χ2v) is 4.80. The first-order valence-electron chi connectivity index (χ1n) is 6.14. The zero-order valence-corrected chi connectivity index (χ0v) is 11.5. The number of rotatable bonds is 2. The molecule has 2 aromatic rings. The van der Waals surface area contributed by atoms with Gasteiger partial charge in [0.1, 0.15) is 0 Å². The molecular weight excluding hydrogens is 262 g/mol. The molecule has 0 unspecified atom stereocenters. The molecule has 1 fully saturated rings. The number of piperazine rings is 1. The van der Waals surface area contributed by atoms with Crippen molar-refractivity contribution in [2.24, 2.45) is 7.05 Å². The van der Waals surface area contributed by atoms with Crippen molar-refractivity contribution in [3.05, 3.63) is 23.2 Å². The van der Waals surface area contributed by atoms with Crippen LogP contribution in [0.15, 0.2) is 18.5 Å².